The number of nitriles is 1. The van der Waals surface area contributed by atoms with E-state index in [1.807, 2.05) is 10.4 Å². The minimum absolute atomic E-state index is 0.384. The van der Waals surface area contributed by atoms with Crippen molar-refractivity contribution in [3.63, 3.8) is 0 Å². The number of H-pyrrole nitrogens is 1. The van der Waals surface area contributed by atoms with Gasteiger partial charge in [-0.2, -0.15) is 5.26 Å². The van der Waals surface area contributed by atoms with E-state index in [2.05, 4.69) is 0 Å². The number of nitrogens with one attached hydrogen (secondary N) is 1. The molecule has 1 fully saturated rings. The molecule has 3 N–H and O–H groups in total. The molecule has 102 valence electrons. The van der Waals surface area contributed by atoms with Crippen LogP contribution < -0.4 is 11.2 Å². The Bertz CT molecular complexity index is 606. The Morgan fingerprint density at radius 2 is 2.32 bits per heavy atom. The smallest absolute Gasteiger partial charge is 0.330 e. The molecule has 0 aromatic carbocycles. The summed E-state index contributed by atoms with van der Waals surface area (Å²) in [6, 6.07) is 1.12. The maximum atomic E-state index is 11.6. The highest BCUT2D eigenvalue weighted by molar-refractivity contribution is 8.04. The number of aromatic amines is 1. The van der Waals surface area contributed by atoms with Crippen LogP contribution in [0.5, 0.6) is 0 Å². The van der Waals surface area contributed by atoms with Gasteiger partial charge in [-0.15, -0.1) is 0 Å². The van der Waals surface area contributed by atoms with Gasteiger partial charge in [-0.3, -0.25) is 14.3 Å². The molecule has 9 heteroatoms. The van der Waals surface area contributed by atoms with Gasteiger partial charge < -0.3 is 14.9 Å². The summed E-state index contributed by atoms with van der Waals surface area (Å²) in [6.07, 6.45) is -1.76. The zero-order valence-electron chi connectivity index (χ0n) is 9.59. The van der Waals surface area contributed by atoms with Crippen LogP contribution in [-0.2, 0) is 4.74 Å². The molecule has 1 aliphatic rings. The van der Waals surface area contributed by atoms with Crippen molar-refractivity contribution < 1.29 is 14.9 Å². The van der Waals surface area contributed by atoms with Crippen molar-refractivity contribution in [3.8, 4) is 5.40 Å². The van der Waals surface area contributed by atoms with Crippen LogP contribution in [0.3, 0.4) is 0 Å². The topological polar surface area (TPSA) is 128 Å². The van der Waals surface area contributed by atoms with E-state index in [1.165, 1.54) is 6.20 Å². The van der Waals surface area contributed by atoms with Crippen molar-refractivity contribution >= 4 is 11.8 Å². The van der Waals surface area contributed by atoms with Gasteiger partial charge in [-0.1, -0.05) is 0 Å². The first-order valence-corrected chi connectivity index (χ1v) is 6.27. The largest absolute Gasteiger partial charge is 0.394 e. The number of ether oxygens (including phenoxy) is 1. The Labute approximate surface area is 111 Å². The summed E-state index contributed by atoms with van der Waals surface area (Å²) in [7, 11) is 0. The fourth-order valence-corrected chi connectivity index (χ4v) is 2.63. The highest BCUT2D eigenvalue weighted by Gasteiger charge is 2.45. The molecule has 0 spiro atoms. The molecule has 0 radical (unpaired) electrons. The second-order valence-electron chi connectivity index (χ2n) is 3.93. The number of nitrogens with zero attached hydrogens (tertiary/aromatic N) is 2. The summed E-state index contributed by atoms with van der Waals surface area (Å²) in [5, 5.41) is 29.0. The number of hydrogen-bond donors (Lipinski definition) is 3. The molecule has 1 aliphatic heterocycles. The van der Waals surface area contributed by atoms with Crippen molar-refractivity contribution in [3.05, 3.63) is 33.1 Å². The summed E-state index contributed by atoms with van der Waals surface area (Å²) in [6.45, 7) is -0.384. The van der Waals surface area contributed by atoms with Crippen LogP contribution in [0.4, 0.5) is 0 Å². The van der Waals surface area contributed by atoms with Crippen molar-refractivity contribution in [2.75, 3.05) is 6.61 Å². The maximum Gasteiger partial charge on any atom is 0.330 e. The number of aliphatic hydroxyl groups excluding tert-OH is 2. The highest BCUT2D eigenvalue weighted by atomic mass is 32.2. The van der Waals surface area contributed by atoms with Crippen LogP contribution in [0.2, 0.25) is 0 Å². The summed E-state index contributed by atoms with van der Waals surface area (Å²) in [5.41, 5.74) is -1.29. The highest BCUT2D eigenvalue weighted by Crippen LogP contribution is 2.35. The van der Waals surface area contributed by atoms with E-state index in [9.17, 15) is 14.7 Å². The van der Waals surface area contributed by atoms with Gasteiger partial charge in [0.1, 0.15) is 11.5 Å². The molecule has 1 saturated heterocycles. The van der Waals surface area contributed by atoms with Crippen molar-refractivity contribution in [1.29, 1.82) is 5.26 Å². The first kappa shape index (κ1) is 13.8. The molecule has 8 nitrogen and oxygen atoms in total. The third kappa shape index (κ3) is 2.57. The van der Waals surface area contributed by atoms with E-state index in [0.717, 1.165) is 22.4 Å². The molecule has 0 saturated carbocycles. The molecule has 0 amide bonds. The lowest BCUT2D eigenvalue weighted by atomic mass is 10.2. The van der Waals surface area contributed by atoms with Gasteiger partial charge in [0, 0.05) is 12.3 Å². The number of aliphatic hydroxyl groups is 2. The Balaban J connectivity index is 2.34. The minimum Gasteiger partial charge on any atom is -0.394 e. The summed E-state index contributed by atoms with van der Waals surface area (Å²) < 4.78 is 6.38. The van der Waals surface area contributed by atoms with E-state index >= 15 is 0 Å². The monoisotopic (exact) mass is 285 g/mol. The van der Waals surface area contributed by atoms with Gasteiger partial charge in [0.25, 0.3) is 5.56 Å². The molecule has 2 heterocycles. The SMILES string of the molecule is N#CS[C@@H]1[C@@H](O)[C@H](n2ccc(=O)[nH]c2=O)O[C@@H]1CO. The molecular weight excluding hydrogens is 274 g/mol. The minimum atomic E-state index is -1.15. The first-order chi connectivity index (χ1) is 9.08. The lowest BCUT2D eigenvalue weighted by Crippen LogP contribution is -2.36. The van der Waals surface area contributed by atoms with E-state index in [1.54, 1.807) is 0 Å². The van der Waals surface area contributed by atoms with Gasteiger partial charge in [0.05, 0.1) is 18.0 Å². The summed E-state index contributed by atoms with van der Waals surface area (Å²) in [5.74, 6) is 0. The fourth-order valence-electron chi connectivity index (χ4n) is 1.93. The first-order valence-electron chi connectivity index (χ1n) is 5.39. The van der Waals surface area contributed by atoms with Crippen LogP contribution in [0.25, 0.3) is 0 Å². The van der Waals surface area contributed by atoms with Gasteiger partial charge in [0.2, 0.25) is 0 Å². The van der Waals surface area contributed by atoms with E-state index in [4.69, 9.17) is 15.1 Å². The van der Waals surface area contributed by atoms with Gasteiger partial charge in [-0.25, -0.2) is 4.79 Å². The Morgan fingerprint density at radius 3 is 2.89 bits per heavy atom. The lowest BCUT2D eigenvalue weighted by molar-refractivity contribution is -0.0530. The molecular formula is C10H11N3O5S. The Morgan fingerprint density at radius 1 is 1.58 bits per heavy atom. The van der Waals surface area contributed by atoms with E-state index in [-0.39, 0.29) is 6.61 Å². The molecule has 19 heavy (non-hydrogen) atoms. The number of thiocyanates is 1. The third-order valence-corrected chi connectivity index (χ3v) is 3.76. The predicted octanol–water partition coefficient (Wildman–Crippen LogP) is -1.63. The summed E-state index contributed by atoms with van der Waals surface area (Å²) >= 11 is 0.770. The number of rotatable bonds is 3. The number of thioether (sulfide) groups is 1. The Hall–Kier alpha value is -1.60. The standard InChI is InChI=1S/C10H11N3O5S/c11-4-19-8-5(3-14)18-9(7(8)16)13-2-1-6(15)12-10(13)17/h1-2,5,7-9,14,16H,3H2,(H,12,15,17)/t5-,7-,8+,9-/m1/s1. The average Bonchev–Trinajstić information content (AvgIpc) is 2.68. The zero-order chi connectivity index (χ0) is 14.0. The maximum absolute atomic E-state index is 11.6. The second-order valence-corrected chi connectivity index (χ2v) is 4.89. The molecule has 0 aliphatic carbocycles. The van der Waals surface area contributed by atoms with Crippen LogP contribution in [0.1, 0.15) is 6.23 Å². The van der Waals surface area contributed by atoms with Gasteiger partial charge in [0.15, 0.2) is 6.23 Å². The van der Waals surface area contributed by atoms with Crippen LogP contribution >= 0.6 is 11.8 Å². The molecule has 2 rings (SSSR count). The molecule has 4 atom stereocenters. The normalized spacial score (nSPS) is 30.2. The van der Waals surface area contributed by atoms with Gasteiger partial charge in [-0.05, 0) is 11.8 Å². The van der Waals surface area contributed by atoms with Crippen LogP contribution in [-0.4, -0.2) is 43.8 Å². The average molecular weight is 285 g/mol. The third-order valence-electron chi connectivity index (χ3n) is 2.80. The van der Waals surface area contributed by atoms with Gasteiger partial charge >= 0.3 is 5.69 Å². The fraction of sp³-hybridized carbons (Fsp3) is 0.500. The lowest BCUT2D eigenvalue weighted by Gasteiger charge is -2.17. The molecule has 0 unspecified atom stereocenters. The Kier molecular flexibility index (Phi) is 4.06. The van der Waals surface area contributed by atoms with Crippen LogP contribution in [0, 0.1) is 10.7 Å². The second kappa shape index (κ2) is 5.58. The molecule has 0 bridgehead atoms. The van der Waals surface area contributed by atoms with Crippen LogP contribution in [0.15, 0.2) is 21.9 Å². The molecule has 1 aromatic heterocycles. The quantitative estimate of drug-likeness (QED) is 0.569. The summed E-state index contributed by atoms with van der Waals surface area (Å²) in [4.78, 5) is 24.6. The van der Waals surface area contributed by atoms with Crippen molar-refractivity contribution in [1.82, 2.24) is 9.55 Å². The van der Waals surface area contributed by atoms with Crippen molar-refractivity contribution in [2.24, 2.45) is 0 Å². The van der Waals surface area contributed by atoms with E-state index in [0.29, 0.717) is 0 Å². The number of hydrogen-bond acceptors (Lipinski definition) is 7. The number of aromatic nitrogens is 2. The van der Waals surface area contributed by atoms with E-state index < -0.39 is 34.9 Å². The molecule has 1 aromatic rings. The van der Waals surface area contributed by atoms with Crippen molar-refractivity contribution in [2.45, 2.75) is 23.7 Å². The predicted molar refractivity (Wildman–Crippen MR) is 65.3 cm³/mol. The zero-order valence-corrected chi connectivity index (χ0v) is 10.4.